The summed E-state index contributed by atoms with van der Waals surface area (Å²) in [6.07, 6.45) is 0.954. The summed E-state index contributed by atoms with van der Waals surface area (Å²) >= 11 is 0. The Morgan fingerprint density at radius 3 is 2.50 bits per heavy atom. The van der Waals surface area contributed by atoms with Gasteiger partial charge < -0.3 is 14.8 Å². The van der Waals surface area contributed by atoms with E-state index in [-0.39, 0.29) is 12.0 Å². The van der Waals surface area contributed by atoms with Crippen LogP contribution in [0.1, 0.15) is 30.6 Å². The van der Waals surface area contributed by atoms with Gasteiger partial charge in [0.05, 0.1) is 6.10 Å². The van der Waals surface area contributed by atoms with Crippen molar-refractivity contribution in [3.05, 3.63) is 29.8 Å². The smallest absolute Gasteiger partial charge is 0.251 e. The Morgan fingerprint density at radius 1 is 1.28 bits per heavy atom. The first-order chi connectivity index (χ1) is 8.63. The van der Waals surface area contributed by atoms with Gasteiger partial charge in [0, 0.05) is 25.8 Å². The fourth-order valence-electron chi connectivity index (χ4n) is 1.48. The fourth-order valence-corrected chi connectivity index (χ4v) is 1.48. The van der Waals surface area contributed by atoms with Crippen LogP contribution in [-0.2, 0) is 4.74 Å². The summed E-state index contributed by atoms with van der Waals surface area (Å²) in [4.78, 5) is 11.7. The average Bonchev–Trinajstić information content (AvgIpc) is 2.34. The molecule has 4 heteroatoms. The topological polar surface area (TPSA) is 47.6 Å². The molecule has 0 fully saturated rings. The van der Waals surface area contributed by atoms with Gasteiger partial charge in [0.25, 0.3) is 5.91 Å². The normalized spacial score (nSPS) is 10.4. The Hall–Kier alpha value is -1.55. The molecule has 0 spiro atoms. The van der Waals surface area contributed by atoms with Crippen LogP contribution < -0.4 is 10.1 Å². The minimum absolute atomic E-state index is 0.0674. The summed E-state index contributed by atoms with van der Waals surface area (Å²) in [7, 11) is 1.65. The highest BCUT2D eigenvalue weighted by Gasteiger charge is 2.05. The van der Waals surface area contributed by atoms with Crippen LogP contribution in [0.3, 0.4) is 0 Å². The predicted molar refractivity (Wildman–Crippen MR) is 71.0 cm³/mol. The van der Waals surface area contributed by atoms with Crippen LogP contribution in [0.25, 0.3) is 0 Å². The molecule has 1 aromatic carbocycles. The summed E-state index contributed by atoms with van der Waals surface area (Å²) in [6, 6.07) is 7.15. The largest absolute Gasteiger partial charge is 0.491 e. The van der Waals surface area contributed by atoms with Gasteiger partial charge >= 0.3 is 0 Å². The van der Waals surface area contributed by atoms with E-state index in [0.717, 1.165) is 12.2 Å². The van der Waals surface area contributed by atoms with Crippen molar-refractivity contribution in [2.45, 2.75) is 26.4 Å². The molecule has 0 unspecified atom stereocenters. The molecule has 0 saturated carbocycles. The van der Waals surface area contributed by atoms with Gasteiger partial charge in [-0.3, -0.25) is 4.79 Å². The SMILES string of the molecule is COCCCNC(=O)c1ccc(OC(C)C)cc1. The third kappa shape index (κ3) is 5.19. The Balaban J connectivity index is 2.43. The number of ether oxygens (including phenoxy) is 2. The molecule has 0 aliphatic rings. The van der Waals surface area contributed by atoms with Crippen LogP contribution in [0.5, 0.6) is 5.75 Å². The number of nitrogens with one attached hydrogen (secondary N) is 1. The van der Waals surface area contributed by atoms with Crippen LogP contribution >= 0.6 is 0 Å². The standard InChI is InChI=1S/C14H21NO3/c1-11(2)18-13-7-5-12(6-8-13)14(16)15-9-4-10-17-3/h5-8,11H,4,9-10H2,1-3H3,(H,15,16). The second kappa shape index (κ2) is 7.71. The maximum atomic E-state index is 11.7. The van der Waals surface area contributed by atoms with E-state index < -0.39 is 0 Å². The van der Waals surface area contributed by atoms with Crippen molar-refractivity contribution in [2.24, 2.45) is 0 Å². The van der Waals surface area contributed by atoms with Crippen molar-refractivity contribution in [1.82, 2.24) is 5.32 Å². The lowest BCUT2D eigenvalue weighted by molar-refractivity contribution is 0.0948. The maximum Gasteiger partial charge on any atom is 0.251 e. The Labute approximate surface area is 108 Å². The fraction of sp³-hybridized carbons (Fsp3) is 0.500. The molecule has 0 bridgehead atoms. The molecular formula is C14H21NO3. The summed E-state index contributed by atoms with van der Waals surface area (Å²) in [5.41, 5.74) is 0.642. The molecule has 100 valence electrons. The molecule has 1 amide bonds. The van der Waals surface area contributed by atoms with E-state index in [1.54, 1.807) is 19.2 Å². The van der Waals surface area contributed by atoms with Crippen molar-refractivity contribution in [3.8, 4) is 5.75 Å². The zero-order valence-corrected chi connectivity index (χ0v) is 11.2. The first-order valence-electron chi connectivity index (χ1n) is 6.17. The lowest BCUT2D eigenvalue weighted by Gasteiger charge is -2.10. The molecule has 0 aliphatic heterocycles. The number of rotatable bonds is 7. The quantitative estimate of drug-likeness (QED) is 0.756. The number of carbonyl (C=O) groups excluding carboxylic acids is 1. The van der Waals surface area contributed by atoms with Crippen LogP contribution in [0.2, 0.25) is 0 Å². The van der Waals surface area contributed by atoms with Gasteiger partial charge in [-0.2, -0.15) is 0 Å². The molecule has 1 N–H and O–H groups in total. The van der Waals surface area contributed by atoms with E-state index in [1.807, 2.05) is 26.0 Å². The molecule has 0 aromatic heterocycles. The van der Waals surface area contributed by atoms with E-state index in [9.17, 15) is 4.79 Å². The molecule has 0 radical (unpaired) electrons. The van der Waals surface area contributed by atoms with Gasteiger partial charge in [0.2, 0.25) is 0 Å². The molecule has 4 nitrogen and oxygen atoms in total. The minimum Gasteiger partial charge on any atom is -0.491 e. The van der Waals surface area contributed by atoms with E-state index in [1.165, 1.54) is 0 Å². The lowest BCUT2D eigenvalue weighted by atomic mass is 10.2. The molecule has 1 aromatic rings. The van der Waals surface area contributed by atoms with Crippen LogP contribution in [0.4, 0.5) is 0 Å². The zero-order chi connectivity index (χ0) is 13.4. The monoisotopic (exact) mass is 251 g/mol. The van der Waals surface area contributed by atoms with Crippen LogP contribution in [-0.4, -0.2) is 32.3 Å². The number of benzene rings is 1. The molecule has 1 rings (SSSR count). The number of hydrogen-bond acceptors (Lipinski definition) is 3. The van der Waals surface area contributed by atoms with Crippen molar-refractivity contribution >= 4 is 5.91 Å². The maximum absolute atomic E-state index is 11.7. The van der Waals surface area contributed by atoms with E-state index in [4.69, 9.17) is 9.47 Å². The van der Waals surface area contributed by atoms with Crippen molar-refractivity contribution in [1.29, 1.82) is 0 Å². The van der Waals surface area contributed by atoms with Gasteiger partial charge in [-0.25, -0.2) is 0 Å². The van der Waals surface area contributed by atoms with Crippen LogP contribution in [0.15, 0.2) is 24.3 Å². The van der Waals surface area contributed by atoms with E-state index in [2.05, 4.69) is 5.32 Å². The van der Waals surface area contributed by atoms with Gasteiger partial charge in [-0.15, -0.1) is 0 Å². The average molecular weight is 251 g/mol. The molecule has 18 heavy (non-hydrogen) atoms. The zero-order valence-electron chi connectivity index (χ0n) is 11.2. The van der Waals surface area contributed by atoms with Gasteiger partial charge in [0.1, 0.15) is 5.75 Å². The van der Waals surface area contributed by atoms with Crippen molar-refractivity contribution in [2.75, 3.05) is 20.3 Å². The van der Waals surface area contributed by atoms with Crippen molar-refractivity contribution in [3.63, 3.8) is 0 Å². The molecule has 0 atom stereocenters. The Morgan fingerprint density at radius 2 is 1.94 bits per heavy atom. The molecule has 0 aliphatic carbocycles. The summed E-state index contributed by atoms with van der Waals surface area (Å²) < 4.78 is 10.4. The third-order valence-corrected chi connectivity index (χ3v) is 2.30. The molecule has 0 heterocycles. The third-order valence-electron chi connectivity index (χ3n) is 2.30. The predicted octanol–water partition coefficient (Wildman–Crippen LogP) is 2.24. The van der Waals surface area contributed by atoms with E-state index >= 15 is 0 Å². The van der Waals surface area contributed by atoms with Gasteiger partial charge in [-0.1, -0.05) is 0 Å². The minimum atomic E-state index is -0.0674. The summed E-state index contributed by atoms with van der Waals surface area (Å²) in [5, 5.41) is 2.83. The number of carbonyl (C=O) groups is 1. The summed E-state index contributed by atoms with van der Waals surface area (Å²) in [5.74, 6) is 0.711. The van der Waals surface area contributed by atoms with E-state index in [0.29, 0.717) is 18.7 Å². The van der Waals surface area contributed by atoms with Gasteiger partial charge in [0.15, 0.2) is 0 Å². The summed E-state index contributed by atoms with van der Waals surface area (Å²) in [6.45, 7) is 5.21. The first-order valence-corrected chi connectivity index (χ1v) is 6.17. The Kier molecular flexibility index (Phi) is 6.22. The number of amides is 1. The second-order valence-electron chi connectivity index (χ2n) is 4.29. The van der Waals surface area contributed by atoms with Gasteiger partial charge in [-0.05, 0) is 44.5 Å². The molecular weight excluding hydrogens is 230 g/mol. The number of hydrogen-bond donors (Lipinski definition) is 1. The highest BCUT2D eigenvalue weighted by atomic mass is 16.5. The number of methoxy groups -OCH3 is 1. The highest BCUT2D eigenvalue weighted by molar-refractivity contribution is 5.94. The van der Waals surface area contributed by atoms with Crippen molar-refractivity contribution < 1.29 is 14.3 Å². The second-order valence-corrected chi connectivity index (χ2v) is 4.29. The molecule has 0 saturated heterocycles. The lowest BCUT2D eigenvalue weighted by Crippen LogP contribution is -2.25. The van der Waals surface area contributed by atoms with Crippen LogP contribution in [0, 0.1) is 0 Å². The first kappa shape index (κ1) is 14.5. The highest BCUT2D eigenvalue weighted by Crippen LogP contribution is 2.13. The Bertz CT molecular complexity index is 360.